The van der Waals surface area contributed by atoms with Crippen LogP contribution in [0.4, 0.5) is 0 Å². The molecule has 1 amide bonds. The summed E-state index contributed by atoms with van der Waals surface area (Å²) in [6.45, 7) is 6.29. The number of carbonyl (C=O) groups excluding carboxylic acids is 1. The van der Waals surface area contributed by atoms with E-state index < -0.39 is 0 Å². The molecule has 3 heterocycles. The lowest BCUT2D eigenvalue weighted by molar-refractivity contribution is -0.144. The monoisotopic (exact) mass is 323 g/mol. The van der Waals surface area contributed by atoms with Crippen LogP contribution in [0.1, 0.15) is 47.2 Å². The number of nitrogens with two attached hydrogens (primary N) is 1. The predicted molar refractivity (Wildman–Crippen MR) is 87.1 cm³/mol. The Balaban J connectivity index is 1.64. The van der Waals surface area contributed by atoms with Crippen LogP contribution in [0.3, 0.4) is 0 Å². The number of aryl methyl sites for hydroxylation is 2. The molecule has 1 unspecified atom stereocenters. The maximum Gasteiger partial charge on any atom is 0.251 e. The third kappa shape index (κ3) is 3.19. The standard InChI is InChI=1S/C16H25N3O2S/c1-10-11(2)22-15(18-10)12-4-3-7-19(9-12)16(20)14-6-5-13(8-17)21-14/h12-14H,3-9,17H2,1-2H3/t12?,13-,14+/m1/s1. The largest absolute Gasteiger partial charge is 0.364 e. The Morgan fingerprint density at radius 2 is 2.23 bits per heavy atom. The Kier molecular flexibility index (Phi) is 4.80. The molecule has 0 saturated carbocycles. The summed E-state index contributed by atoms with van der Waals surface area (Å²) in [5.41, 5.74) is 6.75. The third-order valence-electron chi connectivity index (χ3n) is 4.77. The van der Waals surface area contributed by atoms with Gasteiger partial charge in [0.05, 0.1) is 16.8 Å². The van der Waals surface area contributed by atoms with Gasteiger partial charge in [0.25, 0.3) is 5.91 Å². The van der Waals surface area contributed by atoms with Gasteiger partial charge in [-0.25, -0.2) is 4.98 Å². The molecule has 0 radical (unpaired) electrons. The fourth-order valence-electron chi connectivity index (χ4n) is 3.32. The number of thiazole rings is 1. The minimum absolute atomic E-state index is 0.0544. The van der Waals surface area contributed by atoms with Crippen LogP contribution in [0.15, 0.2) is 0 Å². The first-order valence-electron chi connectivity index (χ1n) is 8.16. The van der Waals surface area contributed by atoms with E-state index in [2.05, 4.69) is 18.8 Å². The summed E-state index contributed by atoms with van der Waals surface area (Å²) in [6.07, 6.45) is 3.63. The molecular formula is C16H25N3O2S. The van der Waals surface area contributed by atoms with Crippen LogP contribution in [0.2, 0.25) is 0 Å². The zero-order valence-electron chi connectivity index (χ0n) is 13.4. The van der Waals surface area contributed by atoms with E-state index in [1.807, 2.05) is 4.90 Å². The highest BCUT2D eigenvalue weighted by Gasteiger charge is 2.35. The molecule has 0 aliphatic carbocycles. The van der Waals surface area contributed by atoms with Crippen molar-refractivity contribution in [3.8, 4) is 0 Å². The van der Waals surface area contributed by atoms with Crippen molar-refractivity contribution in [1.29, 1.82) is 0 Å². The van der Waals surface area contributed by atoms with Gasteiger partial charge in [-0.05, 0) is 39.5 Å². The molecule has 2 N–H and O–H groups in total. The highest BCUT2D eigenvalue weighted by atomic mass is 32.1. The van der Waals surface area contributed by atoms with Gasteiger partial charge in [0.2, 0.25) is 0 Å². The quantitative estimate of drug-likeness (QED) is 0.923. The molecule has 5 nitrogen and oxygen atoms in total. The molecule has 2 aliphatic rings. The first-order valence-corrected chi connectivity index (χ1v) is 8.98. The van der Waals surface area contributed by atoms with Crippen molar-refractivity contribution in [2.75, 3.05) is 19.6 Å². The van der Waals surface area contributed by atoms with Crippen LogP contribution in [-0.4, -0.2) is 47.6 Å². The number of nitrogens with zero attached hydrogens (tertiary/aromatic N) is 2. The molecular weight excluding hydrogens is 298 g/mol. The number of rotatable bonds is 3. The molecule has 1 aromatic heterocycles. The second-order valence-electron chi connectivity index (χ2n) is 6.38. The average molecular weight is 323 g/mol. The van der Waals surface area contributed by atoms with Crippen LogP contribution in [0, 0.1) is 13.8 Å². The highest BCUT2D eigenvalue weighted by Crippen LogP contribution is 2.32. The lowest BCUT2D eigenvalue weighted by atomic mass is 9.98. The van der Waals surface area contributed by atoms with Crippen molar-refractivity contribution >= 4 is 17.2 Å². The Hall–Kier alpha value is -0.980. The zero-order chi connectivity index (χ0) is 15.7. The lowest BCUT2D eigenvalue weighted by Crippen LogP contribution is -2.44. The first-order chi connectivity index (χ1) is 10.6. The third-order valence-corrected chi connectivity index (χ3v) is 6.01. The van der Waals surface area contributed by atoms with E-state index in [1.165, 1.54) is 9.88 Å². The summed E-state index contributed by atoms with van der Waals surface area (Å²) in [5.74, 6) is 0.521. The van der Waals surface area contributed by atoms with Gasteiger partial charge in [-0.1, -0.05) is 0 Å². The molecule has 0 bridgehead atoms. The van der Waals surface area contributed by atoms with Gasteiger partial charge in [-0.15, -0.1) is 11.3 Å². The lowest BCUT2D eigenvalue weighted by Gasteiger charge is -2.33. The number of hydrogen-bond donors (Lipinski definition) is 1. The minimum Gasteiger partial charge on any atom is -0.364 e. The fourth-order valence-corrected chi connectivity index (χ4v) is 4.36. The van der Waals surface area contributed by atoms with Crippen molar-refractivity contribution in [2.24, 2.45) is 5.73 Å². The Morgan fingerprint density at radius 1 is 1.41 bits per heavy atom. The number of hydrogen-bond acceptors (Lipinski definition) is 5. The Bertz CT molecular complexity index is 526. The molecule has 0 spiro atoms. The molecule has 3 atom stereocenters. The molecule has 6 heteroatoms. The fraction of sp³-hybridized carbons (Fsp3) is 0.750. The maximum absolute atomic E-state index is 12.7. The average Bonchev–Trinajstić information content (AvgIpc) is 3.14. The molecule has 122 valence electrons. The van der Waals surface area contributed by atoms with E-state index in [0.29, 0.717) is 12.5 Å². The predicted octanol–water partition coefficient (Wildman–Crippen LogP) is 1.97. The molecule has 0 aromatic carbocycles. The minimum atomic E-state index is -0.285. The van der Waals surface area contributed by atoms with E-state index >= 15 is 0 Å². The van der Waals surface area contributed by atoms with Crippen molar-refractivity contribution in [3.05, 3.63) is 15.6 Å². The number of piperidine rings is 1. The zero-order valence-corrected chi connectivity index (χ0v) is 14.2. The van der Waals surface area contributed by atoms with Gasteiger partial charge in [0.15, 0.2) is 0 Å². The van der Waals surface area contributed by atoms with Crippen LogP contribution in [-0.2, 0) is 9.53 Å². The van der Waals surface area contributed by atoms with Gasteiger partial charge >= 0.3 is 0 Å². The maximum atomic E-state index is 12.7. The van der Waals surface area contributed by atoms with E-state index in [1.54, 1.807) is 11.3 Å². The topological polar surface area (TPSA) is 68.5 Å². The molecule has 2 fully saturated rings. The number of ether oxygens (including phenoxy) is 1. The van der Waals surface area contributed by atoms with E-state index in [0.717, 1.165) is 44.5 Å². The summed E-state index contributed by atoms with van der Waals surface area (Å²) >= 11 is 1.77. The molecule has 2 saturated heterocycles. The number of carbonyl (C=O) groups is 1. The smallest absolute Gasteiger partial charge is 0.251 e. The number of aromatic nitrogens is 1. The summed E-state index contributed by atoms with van der Waals surface area (Å²) in [7, 11) is 0. The van der Waals surface area contributed by atoms with E-state index in [4.69, 9.17) is 10.5 Å². The number of amides is 1. The van der Waals surface area contributed by atoms with Gasteiger partial charge in [-0.2, -0.15) is 0 Å². The Morgan fingerprint density at radius 3 is 2.86 bits per heavy atom. The van der Waals surface area contributed by atoms with Gasteiger partial charge < -0.3 is 15.4 Å². The number of likely N-dealkylation sites (tertiary alicyclic amines) is 1. The summed E-state index contributed by atoms with van der Waals surface area (Å²) < 4.78 is 5.76. The SMILES string of the molecule is Cc1nc(C2CCCN(C(=O)[C@@H]3CC[C@H](CN)O3)C2)sc1C. The van der Waals surface area contributed by atoms with Crippen molar-refractivity contribution in [3.63, 3.8) is 0 Å². The van der Waals surface area contributed by atoms with Crippen molar-refractivity contribution in [2.45, 2.75) is 57.7 Å². The first kappa shape index (κ1) is 15.9. The van der Waals surface area contributed by atoms with E-state index in [-0.39, 0.29) is 18.1 Å². The summed E-state index contributed by atoms with van der Waals surface area (Å²) in [6, 6.07) is 0. The van der Waals surface area contributed by atoms with Gasteiger partial charge in [-0.3, -0.25) is 4.79 Å². The highest BCUT2D eigenvalue weighted by molar-refractivity contribution is 7.11. The summed E-state index contributed by atoms with van der Waals surface area (Å²) in [4.78, 5) is 20.6. The van der Waals surface area contributed by atoms with Crippen LogP contribution in [0.5, 0.6) is 0 Å². The van der Waals surface area contributed by atoms with Crippen LogP contribution in [0.25, 0.3) is 0 Å². The molecule has 22 heavy (non-hydrogen) atoms. The Labute approximate surface area is 135 Å². The molecule has 2 aliphatic heterocycles. The second kappa shape index (κ2) is 6.64. The summed E-state index contributed by atoms with van der Waals surface area (Å²) in [5, 5.41) is 1.18. The molecule has 3 rings (SSSR count). The normalized spacial score (nSPS) is 29.0. The second-order valence-corrected chi connectivity index (χ2v) is 7.61. The van der Waals surface area contributed by atoms with Crippen LogP contribution < -0.4 is 5.73 Å². The van der Waals surface area contributed by atoms with Gasteiger partial charge in [0, 0.05) is 30.4 Å². The molecule has 1 aromatic rings. The van der Waals surface area contributed by atoms with Crippen molar-refractivity contribution < 1.29 is 9.53 Å². The van der Waals surface area contributed by atoms with E-state index in [9.17, 15) is 4.79 Å². The van der Waals surface area contributed by atoms with Crippen molar-refractivity contribution in [1.82, 2.24) is 9.88 Å². The van der Waals surface area contributed by atoms with Crippen LogP contribution >= 0.6 is 11.3 Å². The van der Waals surface area contributed by atoms with Gasteiger partial charge in [0.1, 0.15) is 6.10 Å².